The first-order valence-electron chi connectivity index (χ1n) is 5.93. The van der Waals surface area contributed by atoms with Crippen LogP contribution in [0.1, 0.15) is 16.8 Å². The van der Waals surface area contributed by atoms with Crippen LogP contribution in [0.25, 0.3) is 0 Å². The second-order valence-corrected chi connectivity index (χ2v) is 8.70. The van der Waals surface area contributed by atoms with Gasteiger partial charge in [-0.1, -0.05) is 15.9 Å². The highest BCUT2D eigenvalue weighted by Crippen LogP contribution is 2.32. The molecule has 1 fully saturated rings. The molecule has 114 valence electrons. The third-order valence-electron chi connectivity index (χ3n) is 3.14. The fourth-order valence-corrected chi connectivity index (χ4v) is 5.16. The molecule has 1 atom stereocenters. The Balaban J connectivity index is 2.28. The number of amides is 1. The monoisotopic (exact) mass is 439 g/mol. The summed E-state index contributed by atoms with van der Waals surface area (Å²) in [5, 5.41) is 11.7. The number of rotatable bonds is 3. The number of carbonyl (C=O) groups is 2. The van der Waals surface area contributed by atoms with Crippen LogP contribution in [0.5, 0.6) is 0 Å². The number of halogens is 2. The van der Waals surface area contributed by atoms with E-state index in [0.717, 1.165) is 0 Å². The Kier molecular flexibility index (Phi) is 4.74. The van der Waals surface area contributed by atoms with E-state index < -0.39 is 27.6 Å². The van der Waals surface area contributed by atoms with Crippen LogP contribution in [0.2, 0.25) is 0 Å². The van der Waals surface area contributed by atoms with Crippen LogP contribution in [0.3, 0.4) is 0 Å². The molecular weight excluding hydrogens is 430 g/mol. The number of hydrogen-bond acceptors (Lipinski definition) is 4. The summed E-state index contributed by atoms with van der Waals surface area (Å²) in [4.78, 5) is 23.4. The normalized spacial score (nSPS) is 20.2. The van der Waals surface area contributed by atoms with Crippen molar-refractivity contribution in [3.8, 4) is 0 Å². The number of nitrogens with one attached hydrogen (secondary N) is 1. The fraction of sp³-hybridized carbons (Fsp3) is 0.333. The second-order valence-electron chi connectivity index (χ2n) is 4.70. The van der Waals surface area contributed by atoms with E-state index in [1.165, 1.54) is 6.07 Å². The average Bonchev–Trinajstić information content (AvgIpc) is 2.72. The van der Waals surface area contributed by atoms with Gasteiger partial charge in [-0.05, 0) is 34.5 Å². The Morgan fingerprint density at radius 2 is 1.95 bits per heavy atom. The minimum atomic E-state index is -3.17. The van der Waals surface area contributed by atoms with E-state index in [0.29, 0.717) is 8.95 Å². The second kappa shape index (κ2) is 6.05. The molecule has 1 aromatic carbocycles. The molecule has 9 heteroatoms. The van der Waals surface area contributed by atoms with Crippen molar-refractivity contribution >= 4 is 59.3 Å². The molecule has 1 aliphatic rings. The lowest BCUT2D eigenvalue weighted by molar-refractivity contribution is -0.119. The van der Waals surface area contributed by atoms with Crippen molar-refractivity contribution in [3.05, 3.63) is 26.6 Å². The molecule has 1 heterocycles. The highest BCUT2D eigenvalue weighted by Gasteiger charge is 2.33. The number of carbonyl (C=O) groups excluding carboxylic acids is 1. The Labute approximate surface area is 138 Å². The van der Waals surface area contributed by atoms with E-state index in [2.05, 4.69) is 37.2 Å². The first-order valence-corrected chi connectivity index (χ1v) is 9.34. The van der Waals surface area contributed by atoms with Crippen molar-refractivity contribution in [1.82, 2.24) is 0 Å². The maximum atomic E-state index is 12.1. The molecular formula is C12H11Br2NO5S. The molecule has 1 aliphatic heterocycles. The molecule has 21 heavy (non-hydrogen) atoms. The molecule has 0 aliphatic carbocycles. The minimum Gasteiger partial charge on any atom is -0.478 e. The van der Waals surface area contributed by atoms with Crippen molar-refractivity contribution < 1.29 is 23.1 Å². The van der Waals surface area contributed by atoms with Crippen molar-refractivity contribution in [2.75, 3.05) is 16.8 Å². The Morgan fingerprint density at radius 1 is 1.29 bits per heavy atom. The summed E-state index contributed by atoms with van der Waals surface area (Å²) in [6.07, 6.45) is 0.255. The van der Waals surface area contributed by atoms with Gasteiger partial charge >= 0.3 is 5.97 Å². The lowest BCUT2D eigenvalue weighted by Crippen LogP contribution is -2.25. The zero-order valence-corrected chi connectivity index (χ0v) is 14.6. The topological polar surface area (TPSA) is 101 Å². The third-order valence-corrected chi connectivity index (χ3v) is 5.99. The Hall–Kier alpha value is -0.930. The molecule has 0 saturated carbocycles. The van der Waals surface area contributed by atoms with Crippen LogP contribution in [0.4, 0.5) is 5.69 Å². The minimum absolute atomic E-state index is 0.0155. The lowest BCUT2D eigenvalue weighted by atomic mass is 10.1. The molecule has 0 radical (unpaired) electrons. The molecule has 1 amide bonds. The standard InChI is InChI=1S/C12H11Br2NO5S/c13-7-3-8(12(17)18)10(9(14)4-7)15-11(16)6-1-2-21(19,20)5-6/h3-4,6H,1-2,5H2,(H,15,16)(H,17,18). The Morgan fingerprint density at radius 3 is 2.48 bits per heavy atom. The summed E-state index contributed by atoms with van der Waals surface area (Å²) in [6.45, 7) is 0. The van der Waals surface area contributed by atoms with Crippen molar-refractivity contribution in [2.24, 2.45) is 5.92 Å². The van der Waals surface area contributed by atoms with E-state index in [1.54, 1.807) is 6.07 Å². The first-order chi connectivity index (χ1) is 9.69. The summed E-state index contributed by atoms with van der Waals surface area (Å²) < 4.78 is 23.7. The SMILES string of the molecule is O=C(O)c1cc(Br)cc(Br)c1NC(=O)C1CCS(=O)(=O)C1. The van der Waals surface area contributed by atoms with Crippen LogP contribution < -0.4 is 5.32 Å². The predicted octanol–water partition coefficient (Wildman–Crippen LogP) is 2.28. The van der Waals surface area contributed by atoms with Gasteiger partial charge in [-0.2, -0.15) is 0 Å². The molecule has 0 spiro atoms. The fourth-order valence-electron chi connectivity index (χ4n) is 2.10. The smallest absolute Gasteiger partial charge is 0.337 e. The van der Waals surface area contributed by atoms with Crippen LogP contribution in [0, 0.1) is 5.92 Å². The van der Waals surface area contributed by atoms with Crippen LogP contribution in [-0.4, -0.2) is 36.9 Å². The predicted molar refractivity (Wildman–Crippen MR) is 84.2 cm³/mol. The average molecular weight is 441 g/mol. The highest BCUT2D eigenvalue weighted by atomic mass is 79.9. The largest absolute Gasteiger partial charge is 0.478 e. The zero-order valence-electron chi connectivity index (χ0n) is 10.6. The highest BCUT2D eigenvalue weighted by molar-refractivity contribution is 9.11. The van der Waals surface area contributed by atoms with Gasteiger partial charge in [0.15, 0.2) is 9.84 Å². The molecule has 1 aromatic rings. The summed E-state index contributed by atoms with van der Waals surface area (Å²) in [5.74, 6) is -2.53. The van der Waals surface area contributed by atoms with Crippen molar-refractivity contribution in [3.63, 3.8) is 0 Å². The van der Waals surface area contributed by atoms with Crippen molar-refractivity contribution in [2.45, 2.75) is 6.42 Å². The quantitative estimate of drug-likeness (QED) is 0.750. The number of carboxylic acid groups (broad SMARTS) is 1. The lowest BCUT2D eigenvalue weighted by Gasteiger charge is -2.14. The molecule has 1 unspecified atom stereocenters. The van der Waals surface area contributed by atoms with Gasteiger partial charge in [0.2, 0.25) is 5.91 Å². The van der Waals surface area contributed by atoms with Crippen LogP contribution >= 0.6 is 31.9 Å². The van der Waals surface area contributed by atoms with Gasteiger partial charge < -0.3 is 10.4 Å². The summed E-state index contributed by atoms with van der Waals surface area (Å²) in [7, 11) is -3.17. The third kappa shape index (κ3) is 3.83. The first kappa shape index (κ1) is 16.4. The zero-order chi connectivity index (χ0) is 15.8. The number of anilines is 1. The number of benzene rings is 1. The molecule has 0 aromatic heterocycles. The Bertz CT molecular complexity index is 717. The summed E-state index contributed by atoms with van der Waals surface area (Å²) in [5.41, 5.74) is 0.0467. The summed E-state index contributed by atoms with van der Waals surface area (Å²) in [6, 6.07) is 2.97. The maximum Gasteiger partial charge on any atom is 0.337 e. The number of sulfone groups is 1. The van der Waals surface area contributed by atoms with Gasteiger partial charge in [-0.15, -0.1) is 0 Å². The molecule has 2 rings (SSSR count). The van der Waals surface area contributed by atoms with Gasteiger partial charge in [0.25, 0.3) is 0 Å². The maximum absolute atomic E-state index is 12.1. The van der Waals surface area contributed by atoms with E-state index >= 15 is 0 Å². The van der Waals surface area contributed by atoms with Gasteiger partial charge in [-0.3, -0.25) is 4.79 Å². The van der Waals surface area contributed by atoms with Gasteiger partial charge in [0, 0.05) is 8.95 Å². The molecule has 6 nitrogen and oxygen atoms in total. The summed E-state index contributed by atoms with van der Waals surface area (Å²) >= 11 is 6.38. The van der Waals surface area contributed by atoms with E-state index in [-0.39, 0.29) is 29.2 Å². The molecule has 0 bridgehead atoms. The number of aromatic carboxylic acids is 1. The van der Waals surface area contributed by atoms with E-state index in [4.69, 9.17) is 0 Å². The van der Waals surface area contributed by atoms with Crippen LogP contribution in [-0.2, 0) is 14.6 Å². The van der Waals surface area contributed by atoms with E-state index in [9.17, 15) is 23.1 Å². The number of carboxylic acids is 1. The van der Waals surface area contributed by atoms with E-state index in [1.807, 2.05) is 0 Å². The van der Waals surface area contributed by atoms with Crippen LogP contribution in [0.15, 0.2) is 21.1 Å². The molecule has 2 N–H and O–H groups in total. The van der Waals surface area contributed by atoms with Gasteiger partial charge in [0.1, 0.15) is 0 Å². The van der Waals surface area contributed by atoms with Gasteiger partial charge in [0.05, 0.1) is 28.7 Å². The number of hydrogen-bond donors (Lipinski definition) is 2. The van der Waals surface area contributed by atoms with Crippen molar-refractivity contribution in [1.29, 1.82) is 0 Å². The molecule has 1 saturated heterocycles. The van der Waals surface area contributed by atoms with Gasteiger partial charge in [-0.25, -0.2) is 13.2 Å².